The van der Waals surface area contributed by atoms with E-state index in [4.69, 9.17) is 0 Å². The van der Waals surface area contributed by atoms with Crippen LogP contribution in [0.1, 0.15) is 162 Å². The Hall–Kier alpha value is 0.130. The molecule has 0 atom stereocenters. The van der Waals surface area contributed by atoms with Crippen LogP contribution in [0.25, 0.3) is 0 Å². The molecule has 0 aliphatic heterocycles. The maximum Gasteiger partial charge on any atom is 0.0753 e. The van der Waals surface area contributed by atoms with Gasteiger partial charge in [-0.2, -0.15) is 0 Å². The molecule has 30 heavy (non-hydrogen) atoms. The van der Waals surface area contributed by atoms with Crippen LogP contribution < -0.4 is 0 Å². The molecule has 0 amide bonds. The third-order valence-electron chi connectivity index (χ3n) is 9.50. The van der Waals surface area contributed by atoms with E-state index >= 15 is 0 Å². The molecule has 3 aliphatic carbocycles. The van der Waals surface area contributed by atoms with Gasteiger partial charge in [0.25, 0.3) is 0 Å². The summed E-state index contributed by atoms with van der Waals surface area (Å²) in [5, 5.41) is 1.01. The third-order valence-corrected chi connectivity index (χ3v) is 9.50. The Bertz CT molecular complexity index is 443. The summed E-state index contributed by atoms with van der Waals surface area (Å²) in [5.41, 5.74) is 0.562. The van der Waals surface area contributed by atoms with Crippen molar-refractivity contribution < 1.29 is 0 Å². The minimum absolute atomic E-state index is 0.460. The van der Waals surface area contributed by atoms with E-state index in [1.165, 1.54) is 148 Å². The smallest absolute Gasteiger partial charge is 0.0688 e. The number of hydrogen-bond acceptors (Lipinski definition) is 0. The third kappa shape index (κ3) is 7.62. The zero-order valence-corrected chi connectivity index (χ0v) is 20.9. The van der Waals surface area contributed by atoms with Crippen molar-refractivity contribution >= 4 is 14.3 Å². The van der Waals surface area contributed by atoms with Gasteiger partial charge in [-0.25, -0.2) is 0 Å². The molecular weight excluding hydrogens is 358 g/mol. The van der Waals surface area contributed by atoms with Gasteiger partial charge in [0, 0.05) is 0 Å². The van der Waals surface area contributed by atoms with E-state index in [-0.39, 0.29) is 0 Å². The molecule has 0 saturated heterocycles. The minimum Gasteiger partial charge on any atom is -0.0688 e. The summed E-state index contributed by atoms with van der Waals surface area (Å²) in [7, 11) is 5.57. The second-order valence-corrected chi connectivity index (χ2v) is 12.2. The van der Waals surface area contributed by atoms with Crippen molar-refractivity contribution in [2.45, 2.75) is 172 Å². The molecule has 0 unspecified atom stereocenters. The highest BCUT2D eigenvalue weighted by atomic mass is 14.5. The lowest BCUT2D eigenvalue weighted by molar-refractivity contribution is 0.218. The lowest BCUT2D eigenvalue weighted by atomic mass is 9.20. The summed E-state index contributed by atoms with van der Waals surface area (Å²) < 4.78 is 0. The van der Waals surface area contributed by atoms with Crippen molar-refractivity contribution in [1.82, 2.24) is 0 Å². The molecular formula is C28H52B2. The fraction of sp³-hybridized carbons (Fsp3) is 1.00. The molecule has 0 nitrogen and oxygen atoms in total. The fourth-order valence-electron chi connectivity index (χ4n) is 6.77. The second-order valence-electron chi connectivity index (χ2n) is 12.2. The van der Waals surface area contributed by atoms with Gasteiger partial charge in [0.05, 0.1) is 14.3 Å². The van der Waals surface area contributed by atoms with Crippen LogP contribution >= 0.6 is 0 Å². The Labute approximate surface area is 192 Å². The topological polar surface area (TPSA) is 0 Å². The van der Waals surface area contributed by atoms with Crippen molar-refractivity contribution in [3.8, 4) is 0 Å². The predicted octanol–water partition coefficient (Wildman–Crippen LogP) is 9.67. The van der Waals surface area contributed by atoms with E-state index in [1.54, 1.807) is 0 Å². The first-order valence-electron chi connectivity index (χ1n) is 14.3. The van der Waals surface area contributed by atoms with E-state index in [0.29, 0.717) is 16.0 Å². The molecule has 0 aromatic carbocycles. The van der Waals surface area contributed by atoms with Crippen LogP contribution in [0.5, 0.6) is 0 Å². The zero-order valence-electron chi connectivity index (χ0n) is 20.9. The van der Waals surface area contributed by atoms with Crippen LogP contribution in [0, 0.1) is 5.41 Å². The van der Waals surface area contributed by atoms with Gasteiger partial charge in [-0.05, 0) is 18.3 Å². The molecule has 3 aliphatic rings. The van der Waals surface area contributed by atoms with E-state index in [0.717, 1.165) is 0 Å². The maximum atomic E-state index is 2.80. The van der Waals surface area contributed by atoms with Crippen molar-refractivity contribution in [2.24, 2.45) is 5.41 Å². The molecule has 3 fully saturated rings. The van der Waals surface area contributed by atoms with Gasteiger partial charge in [0.1, 0.15) is 0 Å². The average Bonchev–Trinajstić information content (AvgIpc) is 3.52. The van der Waals surface area contributed by atoms with E-state index in [2.05, 4.69) is 28.2 Å². The summed E-state index contributed by atoms with van der Waals surface area (Å²) in [5.74, 6) is 0. The molecule has 0 N–H and O–H groups in total. The quantitative estimate of drug-likeness (QED) is 0.405. The van der Waals surface area contributed by atoms with Crippen LogP contribution in [-0.4, -0.2) is 14.3 Å². The molecule has 0 heterocycles. The standard InChI is InChI=1S/C28H52B2/c1-26(20-16-12-8-4-3-5-9-13-17-21-26)28(24-25-28)30-29-27(2)22-18-14-10-6-7-11-15-19-23-27/h3-25H2,1-2H3. The van der Waals surface area contributed by atoms with Gasteiger partial charge in [-0.1, -0.05) is 159 Å². The number of rotatable bonds is 4. The molecule has 0 aromatic heterocycles. The first kappa shape index (κ1) is 24.8. The summed E-state index contributed by atoms with van der Waals surface area (Å²) >= 11 is 0. The summed E-state index contributed by atoms with van der Waals surface area (Å²) in [6, 6.07) is 0. The predicted molar refractivity (Wildman–Crippen MR) is 137 cm³/mol. The lowest BCUT2D eigenvalue weighted by Gasteiger charge is -2.41. The Balaban J connectivity index is 1.58. The van der Waals surface area contributed by atoms with Crippen LogP contribution in [0.4, 0.5) is 0 Å². The highest BCUT2D eigenvalue weighted by Gasteiger charge is 2.55. The van der Waals surface area contributed by atoms with E-state index < -0.39 is 0 Å². The lowest BCUT2D eigenvalue weighted by Crippen LogP contribution is -2.35. The summed E-state index contributed by atoms with van der Waals surface area (Å²) in [6.07, 6.45) is 33.8. The highest BCUT2D eigenvalue weighted by molar-refractivity contribution is 7.03. The molecule has 0 bridgehead atoms. The second kappa shape index (κ2) is 12.4. The van der Waals surface area contributed by atoms with Crippen molar-refractivity contribution in [3.05, 3.63) is 0 Å². The highest BCUT2D eigenvalue weighted by Crippen LogP contribution is 2.68. The molecule has 0 spiro atoms. The van der Waals surface area contributed by atoms with Crippen molar-refractivity contribution in [3.63, 3.8) is 0 Å². The SMILES string of the molecule is CC1([B][B]C2(C3(C)CCCCCCCCCCC3)CC2)CCCCCCCCCC1. The summed E-state index contributed by atoms with van der Waals surface area (Å²) in [4.78, 5) is 0. The van der Waals surface area contributed by atoms with Crippen LogP contribution in [0.15, 0.2) is 0 Å². The average molecular weight is 410 g/mol. The minimum atomic E-state index is 0.460. The first-order chi connectivity index (χ1) is 14.6. The Morgan fingerprint density at radius 2 is 0.700 bits per heavy atom. The van der Waals surface area contributed by atoms with Gasteiger partial charge in [-0.3, -0.25) is 0 Å². The normalized spacial score (nSPS) is 28.7. The Morgan fingerprint density at radius 1 is 0.367 bits per heavy atom. The first-order valence-corrected chi connectivity index (χ1v) is 14.3. The summed E-state index contributed by atoms with van der Waals surface area (Å²) in [6.45, 7) is 5.29. The fourth-order valence-corrected chi connectivity index (χ4v) is 6.77. The molecule has 3 rings (SSSR count). The Morgan fingerprint density at radius 3 is 1.07 bits per heavy atom. The van der Waals surface area contributed by atoms with Crippen molar-refractivity contribution in [1.29, 1.82) is 0 Å². The Kier molecular flexibility index (Phi) is 10.2. The number of hydrogen-bond donors (Lipinski definition) is 0. The van der Waals surface area contributed by atoms with Crippen LogP contribution in [0.3, 0.4) is 0 Å². The molecule has 2 heteroatoms. The van der Waals surface area contributed by atoms with Crippen LogP contribution in [-0.2, 0) is 0 Å². The molecule has 2 radical (unpaired) electrons. The van der Waals surface area contributed by atoms with E-state index in [9.17, 15) is 0 Å². The van der Waals surface area contributed by atoms with Gasteiger partial charge in [-0.15, -0.1) is 0 Å². The molecule has 0 aromatic rings. The van der Waals surface area contributed by atoms with E-state index in [1.807, 2.05) is 0 Å². The zero-order chi connectivity index (χ0) is 21.2. The van der Waals surface area contributed by atoms with Crippen molar-refractivity contribution in [2.75, 3.05) is 0 Å². The van der Waals surface area contributed by atoms with Gasteiger partial charge in [0.15, 0.2) is 0 Å². The van der Waals surface area contributed by atoms with Gasteiger partial charge in [0.2, 0.25) is 0 Å². The maximum absolute atomic E-state index is 2.80. The molecule has 170 valence electrons. The largest absolute Gasteiger partial charge is 0.0753 e. The monoisotopic (exact) mass is 410 g/mol. The van der Waals surface area contributed by atoms with Crippen LogP contribution in [0.2, 0.25) is 10.6 Å². The van der Waals surface area contributed by atoms with Gasteiger partial charge >= 0.3 is 0 Å². The molecule has 3 saturated carbocycles. The van der Waals surface area contributed by atoms with Gasteiger partial charge < -0.3 is 0 Å².